The Morgan fingerprint density at radius 3 is 3.10 bits per heavy atom. The number of rotatable bonds is 2. The molecule has 0 aliphatic heterocycles. The Bertz CT molecular complexity index is 259. The summed E-state index contributed by atoms with van der Waals surface area (Å²) in [5.74, 6) is 0.334. The summed E-state index contributed by atoms with van der Waals surface area (Å²) in [4.78, 5) is 14.1. The Hall–Kier alpha value is -0.970. The Labute approximate surface area is 61.7 Å². The van der Waals surface area contributed by atoms with Crippen molar-refractivity contribution in [2.75, 3.05) is 5.88 Å². The largest absolute Gasteiger partial charge is 0.366 e. The Morgan fingerprint density at radius 2 is 2.50 bits per heavy atom. The molecule has 6 heteroatoms. The third-order valence-electron chi connectivity index (χ3n) is 0.897. The number of aromatic nitrogens is 4. The fourth-order valence-corrected chi connectivity index (χ4v) is 0.646. The first-order valence-corrected chi connectivity index (χ1v) is 3.19. The van der Waals surface area contributed by atoms with E-state index in [2.05, 4.69) is 15.3 Å². The molecule has 0 radical (unpaired) electrons. The second kappa shape index (κ2) is 3.26. The van der Waals surface area contributed by atoms with Crippen molar-refractivity contribution in [3.05, 3.63) is 16.8 Å². The van der Waals surface area contributed by atoms with Gasteiger partial charge in [-0.3, -0.25) is 0 Å². The van der Waals surface area contributed by atoms with Gasteiger partial charge in [-0.15, -0.1) is 16.7 Å². The second-order valence-corrected chi connectivity index (χ2v) is 1.92. The highest BCUT2D eigenvalue weighted by molar-refractivity contribution is 6.17. The van der Waals surface area contributed by atoms with Crippen molar-refractivity contribution in [1.82, 2.24) is 20.0 Å². The van der Waals surface area contributed by atoms with Crippen molar-refractivity contribution in [3.63, 3.8) is 0 Å². The van der Waals surface area contributed by atoms with Crippen molar-refractivity contribution in [2.45, 2.75) is 6.54 Å². The van der Waals surface area contributed by atoms with E-state index in [0.717, 1.165) is 11.0 Å². The van der Waals surface area contributed by atoms with Gasteiger partial charge in [-0.1, -0.05) is 5.21 Å². The van der Waals surface area contributed by atoms with Gasteiger partial charge in [0.1, 0.15) is 6.33 Å². The van der Waals surface area contributed by atoms with Crippen molar-refractivity contribution < 1.29 is 0 Å². The van der Waals surface area contributed by atoms with E-state index in [1.807, 2.05) is 0 Å². The lowest BCUT2D eigenvalue weighted by molar-refractivity contribution is 0.546. The Balaban J connectivity index is 2.92. The van der Waals surface area contributed by atoms with Gasteiger partial charge in [0, 0.05) is 5.88 Å². The standard InChI is InChI=1S/C4H5ClN4O/c5-1-2-9-4(10)6-3-7-8-9/h3H,1-2H2. The highest BCUT2D eigenvalue weighted by Gasteiger charge is 1.93. The molecule has 5 nitrogen and oxygen atoms in total. The molecule has 1 rings (SSSR count). The van der Waals surface area contributed by atoms with Gasteiger partial charge < -0.3 is 0 Å². The predicted octanol–water partition coefficient (Wildman–Crippen LogP) is -0.728. The molecule has 0 bridgehead atoms. The SMILES string of the molecule is O=c1ncnnn1CCCl. The van der Waals surface area contributed by atoms with Gasteiger partial charge in [-0.2, -0.15) is 9.67 Å². The van der Waals surface area contributed by atoms with Crippen molar-refractivity contribution >= 4 is 11.6 Å². The molecule has 54 valence electrons. The smallest absolute Gasteiger partial charge is 0.244 e. The van der Waals surface area contributed by atoms with Gasteiger partial charge in [-0.05, 0) is 0 Å². The first kappa shape index (κ1) is 7.14. The minimum Gasteiger partial charge on any atom is -0.244 e. The van der Waals surface area contributed by atoms with E-state index in [4.69, 9.17) is 11.6 Å². The molecular weight excluding hydrogens is 156 g/mol. The van der Waals surface area contributed by atoms with Crippen molar-refractivity contribution in [1.29, 1.82) is 0 Å². The topological polar surface area (TPSA) is 60.7 Å². The van der Waals surface area contributed by atoms with Gasteiger partial charge in [0.2, 0.25) is 0 Å². The van der Waals surface area contributed by atoms with Crippen LogP contribution in [0.1, 0.15) is 0 Å². The summed E-state index contributed by atoms with van der Waals surface area (Å²) >= 11 is 5.35. The molecule has 0 aliphatic rings. The van der Waals surface area contributed by atoms with Crippen LogP contribution in [0.5, 0.6) is 0 Å². The van der Waals surface area contributed by atoms with E-state index in [1.165, 1.54) is 0 Å². The Morgan fingerprint density at radius 1 is 1.70 bits per heavy atom. The first-order valence-electron chi connectivity index (χ1n) is 2.65. The molecule has 0 saturated heterocycles. The van der Waals surface area contributed by atoms with E-state index >= 15 is 0 Å². The maximum atomic E-state index is 10.7. The third-order valence-corrected chi connectivity index (χ3v) is 1.07. The van der Waals surface area contributed by atoms with Crippen molar-refractivity contribution in [3.8, 4) is 0 Å². The van der Waals surface area contributed by atoms with E-state index < -0.39 is 5.69 Å². The summed E-state index contributed by atoms with van der Waals surface area (Å²) in [5.41, 5.74) is -0.421. The van der Waals surface area contributed by atoms with Crippen LogP contribution in [0.2, 0.25) is 0 Å². The summed E-state index contributed by atoms with van der Waals surface area (Å²) in [6.45, 7) is 0.348. The average molecular weight is 161 g/mol. The van der Waals surface area contributed by atoms with Gasteiger partial charge in [0.15, 0.2) is 0 Å². The number of halogens is 1. The molecule has 0 unspecified atom stereocenters. The molecule has 0 spiro atoms. The average Bonchev–Trinajstić information content (AvgIpc) is 1.94. The first-order chi connectivity index (χ1) is 4.84. The van der Waals surface area contributed by atoms with E-state index in [0.29, 0.717) is 12.4 Å². The zero-order valence-electron chi connectivity index (χ0n) is 5.07. The van der Waals surface area contributed by atoms with Gasteiger partial charge >= 0.3 is 5.69 Å². The number of hydrogen-bond acceptors (Lipinski definition) is 4. The molecule has 1 heterocycles. The van der Waals surface area contributed by atoms with Crippen LogP contribution in [0.3, 0.4) is 0 Å². The molecule has 0 N–H and O–H groups in total. The van der Waals surface area contributed by atoms with Crippen molar-refractivity contribution in [2.24, 2.45) is 0 Å². The lowest BCUT2D eigenvalue weighted by Crippen LogP contribution is -2.26. The summed E-state index contributed by atoms with van der Waals surface area (Å²) in [7, 11) is 0. The predicted molar refractivity (Wildman–Crippen MR) is 34.8 cm³/mol. The Kier molecular flexibility index (Phi) is 2.33. The van der Waals surface area contributed by atoms with Crippen LogP contribution in [-0.4, -0.2) is 25.9 Å². The molecule has 0 aromatic carbocycles. The summed E-state index contributed by atoms with van der Waals surface area (Å²) in [5, 5.41) is 6.88. The number of hydrogen-bond donors (Lipinski definition) is 0. The third kappa shape index (κ3) is 1.51. The molecule has 10 heavy (non-hydrogen) atoms. The van der Waals surface area contributed by atoms with E-state index in [9.17, 15) is 4.79 Å². The monoisotopic (exact) mass is 160 g/mol. The second-order valence-electron chi connectivity index (χ2n) is 1.54. The lowest BCUT2D eigenvalue weighted by atomic mass is 10.8. The highest BCUT2D eigenvalue weighted by atomic mass is 35.5. The maximum absolute atomic E-state index is 10.7. The molecule has 0 saturated carbocycles. The van der Waals surface area contributed by atoms with Gasteiger partial charge in [0.25, 0.3) is 0 Å². The minimum atomic E-state index is -0.421. The normalized spacial score (nSPS) is 9.70. The maximum Gasteiger partial charge on any atom is 0.366 e. The summed E-state index contributed by atoms with van der Waals surface area (Å²) < 4.78 is 1.10. The van der Waals surface area contributed by atoms with Gasteiger partial charge in [0.05, 0.1) is 6.54 Å². The zero-order chi connectivity index (χ0) is 7.40. The fraction of sp³-hybridized carbons (Fsp3) is 0.500. The lowest BCUT2D eigenvalue weighted by Gasteiger charge is -1.94. The summed E-state index contributed by atoms with van der Waals surface area (Å²) in [6.07, 6.45) is 1.10. The minimum absolute atomic E-state index is 0.334. The van der Waals surface area contributed by atoms with E-state index in [1.54, 1.807) is 0 Å². The molecule has 0 fully saturated rings. The molecule has 0 atom stereocenters. The number of nitrogens with zero attached hydrogens (tertiary/aromatic N) is 4. The highest BCUT2D eigenvalue weighted by Crippen LogP contribution is 1.75. The van der Waals surface area contributed by atoms with Crippen LogP contribution in [0, 0.1) is 0 Å². The number of aryl methyl sites for hydroxylation is 1. The number of alkyl halides is 1. The molecular formula is C4H5ClN4O. The molecule has 0 aliphatic carbocycles. The van der Waals surface area contributed by atoms with Gasteiger partial charge in [-0.25, -0.2) is 4.79 Å². The van der Waals surface area contributed by atoms with E-state index in [-0.39, 0.29) is 0 Å². The van der Waals surface area contributed by atoms with Crippen LogP contribution in [0.4, 0.5) is 0 Å². The van der Waals surface area contributed by atoms with Crippen LogP contribution in [0.25, 0.3) is 0 Å². The van der Waals surface area contributed by atoms with Crippen LogP contribution in [0.15, 0.2) is 11.1 Å². The van der Waals surface area contributed by atoms with Crippen LogP contribution >= 0.6 is 11.6 Å². The van der Waals surface area contributed by atoms with Crippen LogP contribution < -0.4 is 5.69 Å². The molecule has 1 aromatic rings. The fourth-order valence-electron chi connectivity index (χ4n) is 0.486. The molecule has 1 aromatic heterocycles. The van der Waals surface area contributed by atoms with Crippen LogP contribution in [-0.2, 0) is 6.54 Å². The summed E-state index contributed by atoms with van der Waals surface area (Å²) in [6, 6.07) is 0. The quantitative estimate of drug-likeness (QED) is 0.536. The molecule has 0 amide bonds. The zero-order valence-corrected chi connectivity index (χ0v) is 5.82.